The molecule has 0 aliphatic carbocycles. The first kappa shape index (κ1) is 24.0. The van der Waals surface area contributed by atoms with Gasteiger partial charge in [-0.25, -0.2) is 19.2 Å². The average Bonchev–Trinajstić information content (AvgIpc) is 3.37. The summed E-state index contributed by atoms with van der Waals surface area (Å²) in [4.78, 5) is 26.5. The van der Waals surface area contributed by atoms with E-state index < -0.39 is 30.0 Å². The van der Waals surface area contributed by atoms with Crippen LogP contribution in [0.3, 0.4) is 0 Å². The Hall–Kier alpha value is -3.70. The lowest BCUT2D eigenvalue weighted by molar-refractivity contribution is -0.137. The molecule has 2 aliphatic rings. The van der Waals surface area contributed by atoms with Crippen molar-refractivity contribution in [3.63, 3.8) is 0 Å². The molecule has 0 spiro atoms. The molecular weight excluding hydrogens is 480 g/mol. The Labute approximate surface area is 204 Å². The monoisotopic (exact) mass is 504 g/mol. The summed E-state index contributed by atoms with van der Waals surface area (Å²) in [6.45, 7) is 3.16. The minimum absolute atomic E-state index is 0.0631. The molecule has 5 rings (SSSR count). The molecule has 1 N–H and O–H groups in total. The van der Waals surface area contributed by atoms with Gasteiger partial charge < -0.3 is 14.6 Å². The van der Waals surface area contributed by atoms with Crippen molar-refractivity contribution in [2.24, 2.45) is 0 Å². The van der Waals surface area contributed by atoms with E-state index in [0.717, 1.165) is 11.8 Å². The maximum Gasteiger partial charge on any atom is 0.416 e. The lowest BCUT2D eigenvalue weighted by Crippen LogP contribution is -2.39. The molecule has 2 aromatic heterocycles. The number of cyclic esters (lactones) is 1. The third kappa shape index (κ3) is 4.35. The van der Waals surface area contributed by atoms with E-state index in [4.69, 9.17) is 4.74 Å². The molecule has 1 saturated heterocycles. The first-order chi connectivity index (χ1) is 17.1. The fourth-order valence-corrected chi connectivity index (χ4v) is 4.70. The number of alkyl halides is 4. The largest absolute Gasteiger partial charge is 0.447 e. The number of imidazole rings is 1. The minimum atomic E-state index is -4.40. The highest BCUT2D eigenvalue weighted by Gasteiger charge is 2.39. The summed E-state index contributed by atoms with van der Waals surface area (Å²) in [7, 11) is 0. The van der Waals surface area contributed by atoms with Gasteiger partial charge in [-0.1, -0.05) is 0 Å². The molecule has 0 bridgehead atoms. The second kappa shape index (κ2) is 9.07. The molecule has 190 valence electrons. The number of hydrogen-bond acceptors (Lipinski definition) is 6. The smallest absolute Gasteiger partial charge is 0.416 e. The highest BCUT2D eigenvalue weighted by molar-refractivity contribution is 5.89. The van der Waals surface area contributed by atoms with Gasteiger partial charge in [0.2, 0.25) is 5.95 Å². The number of aryl methyl sites for hydroxylation is 1. The lowest BCUT2D eigenvalue weighted by Gasteiger charge is -2.22. The number of nitrogens with one attached hydrogen (secondary N) is 1. The molecule has 1 amide bonds. The van der Waals surface area contributed by atoms with E-state index in [-0.39, 0.29) is 24.4 Å². The molecule has 1 fully saturated rings. The summed E-state index contributed by atoms with van der Waals surface area (Å²) >= 11 is 0. The van der Waals surface area contributed by atoms with Crippen molar-refractivity contribution < 1.29 is 27.1 Å². The van der Waals surface area contributed by atoms with Crippen LogP contribution in [0.4, 0.5) is 34.1 Å². The number of ether oxygens (including phenoxy) is 1. The molecule has 3 aromatic rings. The van der Waals surface area contributed by atoms with E-state index in [9.17, 15) is 22.4 Å². The molecule has 12 heteroatoms. The van der Waals surface area contributed by atoms with Crippen LogP contribution < -0.4 is 10.2 Å². The van der Waals surface area contributed by atoms with Gasteiger partial charge in [0.25, 0.3) is 0 Å². The number of rotatable bonds is 5. The number of fused-ring (bicyclic) bond motifs is 3. The fraction of sp³-hybridized carbons (Fsp3) is 0.417. The molecule has 4 heterocycles. The molecule has 0 unspecified atom stereocenters. The highest BCUT2D eigenvalue weighted by atomic mass is 19.4. The van der Waals surface area contributed by atoms with E-state index in [1.54, 1.807) is 6.33 Å². The Morgan fingerprint density at radius 2 is 1.97 bits per heavy atom. The number of amides is 1. The molecule has 36 heavy (non-hydrogen) atoms. The summed E-state index contributed by atoms with van der Waals surface area (Å²) in [5.41, 5.74) is 2.24. The number of anilines is 2. The zero-order valence-electron chi connectivity index (χ0n) is 19.6. The standard InChI is InChI=1S/C24H24F4N6O2/c1-13(25)19-11-36-23(35)34(19)20-8-9-29-22(32-20)31-14(2)21-18-5-3-4-15-10-16(24(26,27)28)6-7-17(15)33(18)12-30-21/h6-10,12-14,19H,3-5,11H2,1-2H3,(H,29,31,32)/t13-,14-,19+/m0/s1. The molecule has 0 radical (unpaired) electrons. The molecule has 1 aromatic carbocycles. The number of halogens is 4. The molecule has 2 aliphatic heterocycles. The Morgan fingerprint density at radius 1 is 1.17 bits per heavy atom. The van der Waals surface area contributed by atoms with Crippen LogP contribution in [0.2, 0.25) is 0 Å². The zero-order valence-corrected chi connectivity index (χ0v) is 19.6. The molecule has 0 saturated carbocycles. The van der Waals surface area contributed by atoms with E-state index in [2.05, 4.69) is 20.3 Å². The predicted octanol–water partition coefficient (Wildman–Crippen LogP) is 5.03. The van der Waals surface area contributed by atoms with Crippen molar-refractivity contribution in [1.82, 2.24) is 19.5 Å². The Balaban J connectivity index is 1.40. The van der Waals surface area contributed by atoms with Gasteiger partial charge in [-0.15, -0.1) is 0 Å². The summed E-state index contributed by atoms with van der Waals surface area (Å²) in [6.07, 6.45) is -1.47. The lowest BCUT2D eigenvalue weighted by atomic mass is 10.0. The number of benzene rings is 1. The molecule has 3 atom stereocenters. The Kier molecular flexibility index (Phi) is 6.05. The van der Waals surface area contributed by atoms with E-state index in [1.165, 1.54) is 36.2 Å². The fourth-order valence-electron chi connectivity index (χ4n) is 4.70. The Bertz CT molecular complexity index is 1290. The van der Waals surface area contributed by atoms with Gasteiger partial charge in [-0.2, -0.15) is 18.2 Å². The zero-order chi connectivity index (χ0) is 25.6. The molecule has 8 nitrogen and oxygen atoms in total. The number of hydrogen-bond donors (Lipinski definition) is 1. The normalized spacial score (nSPS) is 19.2. The van der Waals surface area contributed by atoms with Crippen molar-refractivity contribution in [2.75, 3.05) is 16.8 Å². The van der Waals surface area contributed by atoms with Gasteiger partial charge >= 0.3 is 12.3 Å². The number of carbonyl (C=O) groups excluding carboxylic acids is 1. The van der Waals surface area contributed by atoms with Gasteiger partial charge in [-0.3, -0.25) is 4.90 Å². The van der Waals surface area contributed by atoms with Crippen molar-refractivity contribution in [3.05, 3.63) is 59.3 Å². The first-order valence-electron chi connectivity index (χ1n) is 11.6. The second-order valence-corrected chi connectivity index (χ2v) is 8.94. The van der Waals surface area contributed by atoms with E-state index in [0.29, 0.717) is 36.2 Å². The predicted molar refractivity (Wildman–Crippen MR) is 123 cm³/mol. The van der Waals surface area contributed by atoms with Crippen LogP contribution in [0.15, 0.2) is 36.8 Å². The Morgan fingerprint density at radius 3 is 2.72 bits per heavy atom. The third-order valence-corrected chi connectivity index (χ3v) is 6.50. The SMILES string of the molecule is C[C@H](Nc1nccc(N2C(=O)OC[C@@H]2[C@H](C)F)n1)c1ncn2c1CCCc1cc(C(F)(F)F)ccc1-2. The first-order valence-corrected chi connectivity index (χ1v) is 11.6. The average molecular weight is 504 g/mol. The summed E-state index contributed by atoms with van der Waals surface area (Å²) < 4.78 is 60.4. The van der Waals surface area contributed by atoms with Crippen LogP contribution >= 0.6 is 0 Å². The summed E-state index contributed by atoms with van der Waals surface area (Å²) in [6, 6.07) is 4.16. The van der Waals surface area contributed by atoms with Gasteiger partial charge in [0, 0.05) is 17.6 Å². The van der Waals surface area contributed by atoms with Crippen LogP contribution in [0, 0.1) is 0 Å². The number of carbonyl (C=O) groups is 1. The van der Waals surface area contributed by atoms with Gasteiger partial charge in [0.15, 0.2) is 0 Å². The summed E-state index contributed by atoms with van der Waals surface area (Å²) in [5.74, 6) is 0.435. The van der Waals surface area contributed by atoms with Crippen molar-refractivity contribution in [1.29, 1.82) is 0 Å². The topological polar surface area (TPSA) is 85.2 Å². The minimum Gasteiger partial charge on any atom is -0.447 e. The van der Waals surface area contributed by atoms with E-state index >= 15 is 0 Å². The van der Waals surface area contributed by atoms with Crippen molar-refractivity contribution in [3.8, 4) is 5.69 Å². The van der Waals surface area contributed by atoms with Crippen LogP contribution in [0.1, 0.15) is 48.8 Å². The number of nitrogens with zero attached hydrogens (tertiary/aromatic N) is 5. The van der Waals surface area contributed by atoms with Crippen LogP contribution in [-0.2, 0) is 23.8 Å². The van der Waals surface area contributed by atoms with Crippen molar-refractivity contribution >= 4 is 17.9 Å². The maximum absolute atomic E-state index is 14.0. The summed E-state index contributed by atoms with van der Waals surface area (Å²) in [5, 5.41) is 3.17. The van der Waals surface area contributed by atoms with Crippen LogP contribution in [-0.4, -0.2) is 44.4 Å². The van der Waals surface area contributed by atoms with Gasteiger partial charge in [0.1, 0.15) is 24.6 Å². The van der Waals surface area contributed by atoms with Gasteiger partial charge in [-0.05, 0) is 62.9 Å². The van der Waals surface area contributed by atoms with E-state index in [1.807, 2.05) is 11.5 Å². The van der Waals surface area contributed by atoms with Crippen LogP contribution in [0.25, 0.3) is 5.69 Å². The third-order valence-electron chi connectivity index (χ3n) is 6.50. The number of aromatic nitrogens is 4. The quantitative estimate of drug-likeness (QED) is 0.491. The second-order valence-electron chi connectivity index (χ2n) is 8.94. The van der Waals surface area contributed by atoms with Gasteiger partial charge in [0.05, 0.1) is 23.6 Å². The highest BCUT2D eigenvalue weighted by Crippen LogP contribution is 2.35. The van der Waals surface area contributed by atoms with Crippen molar-refractivity contribution in [2.45, 2.75) is 57.5 Å². The van der Waals surface area contributed by atoms with Crippen LogP contribution in [0.5, 0.6) is 0 Å². The maximum atomic E-state index is 14.0. The molecular formula is C24H24F4N6O2.